The third-order valence-electron chi connectivity index (χ3n) is 2.31. The van der Waals surface area contributed by atoms with Gasteiger partial charge in [-0.2, -0.15) is 0 Å². The Bertz CT molecular complexity index is 451. The highest BCUT2D eigenvalue weighted by Crippen LogP contribution is 2.03. The fraction of sp³-hybridized carbons (Fsp3) is 0.455. The van der Waals surface area contributed by atoms with Gasteiger partial charge in [0, 0.05) is 6.54 Å². The van der Waals surface area contributed by atoms with Crippen LogP contribution < -0.4 is 4.72 Å². The largest absolute Gasteiger partial charge is 0.386 e. The number of aliphatic hydroxyl groups is 1. The van der Waals surface area contributed by atoms with Crippen LogP contribution in [0.2, 0.25) is 0 Å². The van der Waals surface area contributed by atoms with Crippen molar-refractivity contribution >= 4 is 10.0 Å². The molecule has 4 nitrogen and oxygen atoms in total. The fourth-order valence-corrected chi connectivity index (χ4v) is 2.34. The van der Waals surface area contributed by atoms with Crippen molar-refractivity contribution in [3.05, 3.63) is 35.9 Å². The molecule has 7 heteroatoms. The molecule has 1 unspecified atom stereocenters. The number of halogens is 2. The summed E-state index contributed by atoms with van der Waals surface area (Å²) >= 11 is 0. The van der Waals surface area contributed by atoms with Gasteiger partial charge in [0.15, 0.2) is 0 Å². The third-order valence-corrected chi connectivity index (χ3v) is 3.65. The lowest BCUT2D eigenvalue weighted by atomic mass is 10.2. The molecule has 1 aromatic carbocycles. The minimum absolute atomic E-state index is 0.201. The standard InChI is InChI=1S/C11H15F2NO3S/c12-11(13)10(15)8-14-18(16,17)7-6-9-4-2-1-3-5-9/h1-5,10-11,14-15H,6-8H2. The van der Waals surface area contributed by atoms with Gasteiger partial charge in [-0.05, 0) is 12.0 Å². The maximum atomic E-state index is 12.0. The molecule has 0 aromatic heterocycles. The van der Waals surface area contributed by atoms with Gasteiger partial charge >= 0.3 is 0 Å². The van der Waals surface area contributed by atoms with Crippen molar-refractivity contribution in [3.8, 4) is 0 Å². The molecule has 2 N–H and O–H groups in total. The first kappa shape index (κ1) is 15.0. The molecule has 0 heterocycles. The quantitative estimate of drug-likeness (QED) is 0.775. The van der Waals surface area contributed by atoms with Crippen molar-refractivity contribution in [2.24, 2.45) is 0 Å². The van der Waals surface area contributed by atoms with Gasteiger partial charge in [0.1, 0.15) is 6.10 Å². The van der Waals surface area contributed by atoms with Gasteiger partial charge in [0.25, 0.3) is 6.43 Å². The van der Waals surface area contributed by atoms with Gasteiger partial charge in [-0.15, -0.1) is 0 Å². The van der Waals surface area contributed by atoms with Crippen molar-refractivity contribution < 1.29 is 22.3 Å². The Morgan fingerprint density at radius 2 is 1.83 bits per heavy atom. The summed E-state index contributed by atoms with van der Waals surface area (Å²) in [6.45, 7) is -0.672. The first-order valence-electron chi connectivity index (χ1n) is 5.38. The van der Waals surface area contributed by atoms with Crippen molar-refractivity contribution in [2.45, 2.75) is 19.0 Å². The highest BCUT2D eigenvalue weighted by molar-refractivity contribution is 7.89. The van der Waals surface area contributed by atoms with Crippen molar-refractivity contribution in [1.29, 1.82) is 0 Å². The fourth-order valence-electron chi connectivity index (χ4n) is 1.27. The lowest BCUT2D eigenvalue weighted by Gasteiger charge is -2.11. The normalized spacial score (nSPS) is 13.8. The van der Waals surface area contributed by atoms with Crippen LogP contribution in [0.15, 0.2) is 30.3 Å². The van der Waals surface area contributed by atoms with Crippen LogP contribution in [0, 0.1) is 0 Å². The number of hydrogen-bond acceptors (Lipinski definition) is 3. The molecule has 0 aliphatic rings. The van der Waals surface area contributed by atoms with Crippen LogP contribution in [0.1, 0.15) is 5.56 Å². The average molecular weight is 279 g/mol. The summed E-state index contributed by atoms with van der Waals surface area (Å²) in [5.74, 6) is -0.201. The van der Waals surface area contributed by atoms with Crippen molar-refractivity contribution in [1.82, 2.24) is 4.72 Å². The number of benzene rings is 1. The summed E-state index contributed by atoms with van der Waals surface area (Å²) in [5, 5.41) is 8.80. The summed E-state index contributed by atoms with van der Waals surface area (Å²) in [4.78, 5) is 0. The number of sulfonamides is 1. The number of hydrogen-bond donors (Lipinski definition) is 2. The minimum Gasteiger partial charge on any atom is -0.386 e. The van der Waals surface area contributed by atoms with Crippen LogP contribution >= 0.6 is 0 Å². The predicted octanol–water partition coefficient (Wildman–Crippen LogP) is 0.775. The van der Waals surface area contributed by atoms with E-state index in [-0.39, 0.29) is 5.75 Å². The second kappa shape index (κ2) is 6.77. The van der Waals surface area contributed by atoms with Crippen LogP contribution in [0.3, 0.4) is 0 Å². The van der Waals surface area contributed by atoms with Gasteiger partial charge in [0.05, 0.1) is 5.75 Å². The van der Waals surface area contributed by atoms with E-state index in [0.717, 1.165) is 5.56 Å². The minimum atomic E-state index is -3.65. The Morgan fingerprint density at radius 3 is 2.39 bits per heavy atom. The molecule has 0 fully saturated rings. The zero-order valence-electron chi connectivity index (χ0n) is 9.59. The first-order chi connectivity index (χ1) is 8.41. The van der Waals surface area contributed by atoms with Crippen LogP contribution in [-0.4, -0.2) is 38.4 Å². The third kappa shape index (κ3) is 5.52. The van der Waals surface area contributed by atoms with Gasteiger partial charge in [0.2, 0.25) is 10.0 Å². The molecule has 0 saturated heterocycles. The van der Waals surface area contributed by atoms with Crippen LogP contribution in [0.4, 0.5) is 8.78 Å². The summed E-state index contributed by atoms with van der Waals surface area (Å²) in [6, 6.07) is 8.95. The Hall–Kier alpha value is -1.05. The molecule has 102 valence electrons. The molecular formula is C11H15F2NO3S. The van der Waals surface area contributed by atoms with E-state index in [0.29, 0.717) is 6.42 Å². The van der Waals surface area contributed by atoms with Crippen LogP contribution in [-0.2, 0) is 16.4 Å². The zero-order chi connectivity index (χ0) is 13.6. The summed E-state index contributed by atoms with van der Waals surface area (Å²) in [7, 11) is -3.65. The predicted molar refractivity (Wildman–Crippen MR) is 63.9 cm³/mol. The van der Waals surface area contributed by atoms with E-state index in [1.54, 1.807) is 24.3 Å². The zero-order valence-corrected chi connectivity index (χ0v) is 10.4. The van der Waals surface area contributed by atoms with Crippen molar-refractivity contribution in [2.75, 3.05) is 12.3 Å². The molecule has 18 heavy (non-hydrogen) atoms. The Labute approximate surface area is 105 Å². The second-order valence-electron chi connectivity index (χ2n) is 3.80. The molecule has 0 bridgehead atoms. The number of aliphatic hydroxyl groups excluding tert-OH is 1. The van der Waals surface area contributed by atoms with Gasteiger partial charge in [-0.25, -0.2) is 21.9 Å². The molecular weight excluding hydrogens is 264 g/mol. The van der Waals surface area contributed by atoms with E-state index < -0.39 is 29.1 Å². The number of alkyl halides is 2. The number of nitrogens with one attached hydrogen (secondary N) is 1. The Morgan fingerprint density at radius 1 is 1.22 bits per heavy atom. The highest BCUT2D eigenvalue weighted by Gasteiger charge is 2.19. The van der Waals surface area contributed by atoms with Crippen LogP contribution in [0.5, 0.6) is 0 Å². The SMILES string of the molecule is O=S(=O)(CCc1ccccc1)NCC(O)C(F)F. The van der Waals surface area contributed by atoms with Gasteiger partial charge < -0.3 is 5.11 Å². The van der Waals surface area contributed by atoms with Gasteiger partial charge in [-0.3, -0.25) is 0 Å². The van der Waals surface area contributed by atoms with Crippen molar-refractivity contribution in [3.63, 3.8) is 0 Å². The molecule has 0 spiro atoms. The first-order valence-corrected chi connectivity index (χ1v) is 7.03. The lowest BCUT2D eigenvalue weighted by Crippen LogP contribution is -2.37. The molecule has 0 radical (unpaired) electrons. The topological polar surface area (TPSA) is 66.4 Å². The Balaban J connectivity index is 2.41. The van der Waals surface area contributed by atoms with E-state index >= 15 is 0 Å². The molecule has 1 atom stereocenters. The number of aryl methyl sites for hydroxylation is 1. The highest BCUT2D eigenvalue weighted by atomic mass is 32.2. The summed E-state index contributed by atoms with van der Waals surface area (Å²) in [6.07, 6.45) is -4.64. The van der Waals surface area contributed by atoms with E-state index in [1.807, 2.05) is 10.8 Å². The maximum absolute atomic E-state index is 12.0. The summed E-state index contributed by atoms with van der Waals surface area (Å²) in [5.41, 5.74) is 0.845. The van der Waals surface area contributed by atoms with E-state index in [1.165, 1.54) is 0 Å². The monoisotopic (exact) mass is 279 g/mol. The molecule has 0 saturated carbocycles. The smallest absolute Gasteiger partial charge is 0.265 e. The van der Waals surface area contributed by atoms with Crippen LogP contribution in [0.25, 0.3) is 0 Å². The summed E-state index contributed by atoms with van der Waals surface area (Å²) < 4.78 is 48.8. The molecule has 0 amide bonds. The molecule has 1 rings (SSSR count). The van der Waals surface area contributed by atoms with E-state index in [4.69, 9.17) is 5.11 Å². The van der Waals surface area contributed by atoms with E-state index in [9.17, 15) is 17.2 Å². The lowest BCUT2D eigenvalue weighted by molar-refractivity contribution is -0.000449. The Kier molecular flexibility index (Phi) is 5.64. The molecule has 1 aromatic rings. The van der Waals surface area contributed by atoms with Gasteiger partial charge in [-0.1, -0.05) is 30.3 Å². The molecule has 0 aliphatic heterocycles. The average Bonchev–Trinajstić information content (AvgIpc) is 2.35. The molecule has 0 aliphatic carbocycles. The number of rotatable bonds is 7. The van der Waals surface area contributed by atoms with E-state index in [2.05, 4.69) is 0 Å². The second-order valence-corrected chi connectivity index (χ2v) is 5.73. The maximum Gasteiger partial charge on any atom is 0.265 e.